The van der Waals surface area contributed by atoms with Crippen molar-refractivity contribution in [1.29, 1.82) is 0 Å². The van der Waals surface area contributed by atoms with Gasteiger partial charge < -0.3 is 9.47 Å². The summed E-state index contributed by atoms with van der Waals surface area (Å²) < 4.78 is 11.1. The fourth-order valence-corrected chi connectivity index (χ4v) is 3.24. The Bertz CT molecular complexity index is 745. The number of hydrogen-bond donors (Lipinski definition) is 0. The number of ether oxygens (including phenoxy) is 2. The van der Waals surface area contributed by atoms with Crippen LogP contribution in [0.3, 0.4) is 0 Å². The van der Waals surface area contributed by atoms with Crippen molar-refractivity contribution in [1.82, 2.24) is 0 Å². The number of hydrogen-bond acceptors (Lipinski definition) is 4. The van der Waals surface area contributed by atoms with E-state index in [1.807, 2.05) is 81.4 Å². The Morgan fingerprint density at radius 3 is 2.07 bits per heavy atom. The Morgan fingerprint density at radius 1 is 1.03 bits per heavy atom. The van der Waals surface area contributed by atoms with Gasteiger partial charge in [0.1, 0.15) is 0 Å². The van der Waals surface area contributed by atoms with Crippen LogP contribution in [0, 0.1) is 5.92 Å². The summed E-state index contributed by atoms with van der Waals surface area (Å²) in [4.78, 5) is 17.7. The van der Waals surface area contributed by atoms with Crippen LogP contribution in [0.15, 0.2) is 78.3 Å². The first kappa shape index (κ1) is 22.6. The third-order valence-electron chi connectivity index (χ3n) is 4.63. The molecule has 154 valence electrons. The number of aliphatic imine (C=N–C) groups is 1. The van der Waals surface area contributed by atoms with Crippen LogP contribution in [0.1, 0.15) is 38.3 Å². The van der Waals surface area contributed by atoms with Crippen LogP contribution in [0.25, 0.3) is 0 Å². The fraction of sp³-hybridized carbons (Fsp3) is 0.360. The number of nitrogens with zero attached hydrogens (tertiary/aromatic N) is 1. The lowest BCUT2D eigenvalue weighted by Crippen LogP contribution is -2.32. The number of carbonyl (C=O) groups excluding carboxylic acids is 1. The van der Waals surface area contributed by atoms with Crippen molar-refractivity contribution in [2.75, 3.05) is 13.2 Å². The fourth-order valence-electron chi connectivity index (χ4n) is 3.24. The van der Waals surface area contributed by atoms with E-state index in [1.54, 1.807) is 6.08 Å². The number of carbonyl (C=O) groups is 1. The zero-order valence-electron chi connectivity index (χ0n) is 17.6. The van der Waals surface area contributed by atoms with Gasteiger partial charge in [0.2, 0.25) is 0 Å². The highest BCUT2D eigenvalue weighted by molar-refractivity contribution is 6.13. The number of benzene rings is 2. The van der Waals surface area contributed by atoms with Crippen molar-refractivity contribution in [3.63, 3.8) is 0 Å². The molecule has 4 nitrogen and oxygen atoms in total. The molecular weight excluding hydrogens is 362 g/mol. The monoisotopic (exact) mass is 393 g/mol. The molecule has 0 amide bonds. The van der Waals surface area contributed by atoms with Gasteiger partial charge in [0.15, 0.2) is 6.04 Å². The minimum Gasteiger partial charge on any atom is -0.464 e. The molecule has 2 rings (SSSR count). The van der Waals surface area contributed by atoms with Gasteiger partial charge >= 0.3 is 5.97 Å². The van der Waals surface area contributed by atoms with Crippen LogP contribution < -0.4 is 0 Å². The highest BCUT2D eigenvalue weighted by Crippen LogP contribution is 2.21. The van der Waals surface area contributed by atoms with E-state index in [1.165, 1.54) is 0 Å². The molecule has 0 saturated carbocycles. The molecule has 0 aromatic heterocycles. The highest BCUT2D eigenvalue weighted by atomic mass is 16.5. The molecule has 3 atom stereocenters. The molecule has 4 heteroatoms. The molecule has 0 aliphatic carbocycles. The summed E-state index contributed by atoms with van der Waals surface area (Å²) in [5.74, 6) is -0.350. The summed E-state index contributed by atoms with van der Waals surface area (Å²) in [7, 11) is 0. The van der Waals surface area contributed by atoms with Crippen molar-refractivity contribution in [3.05, 3.63) is 84.4 Å². The van der Waals surface area contributed by atoms with Crippen LogP contribution in [-0.2, 0) is 14.3 Å². The van der Waals surface area contributed by atoms with Crippen LogP contribution in [-0.4, -0.2) is 37.0 Å². The lowest BCUT2D eigenvalue weighted by atomic mass is 9.94. The van der Waals surface area contributed by atoms with Crippen molar-refractivity contribution in [2.24, 2.45) is 10.9 Å². The normalized spacial score (nSPS) is 13.8. The number of rotatable bonds is 11. The van der Waals surface area contributed by atoms with Gasteiger partial charge in [0.25, 0.3) is 0 Å². The molecule has 0 N–H and O–H groups in total. The van der Waals surface area contributed by atoms with Gasteiger partial charge in [0, 0.05) is 11.1 Å². The van der Waals surface area contributed by atoms with E-state index >= 15 is 0 Å². The molecule has 2 aromatic rings. The molecule has 29 heavy (non-hydrogen) atoms. The smallest absolute Gasteiger partial charge is 0.331 e. The third-order valence-corrected chi connectivity index (χ3v) is 4.63. The minimum absolute atomic E-state index is 0.00738. The first-order valence-electron chi connectivity index (χ1n) is 10.1. The molecule has 1 unspecified atom stereocenters. The number of esters is 1. The second kappa shape index (κ2) is 12.0. The van der Waals surface area contributed by atoms with E-state index in [9.17, 15) is 4.79 Å². The topological polar surface area (TPSA) is 47.9 Å². The molecule has 0 aliphatic rings. The average Bonchev–Trinajstić information content (AvgIpc) is 2.74. The molecular formula is C25H31NO3. The zero-order chi connectivity index (χ0) is 21.1. The summed E-state index contributed by atoms with van der Waals surface area (Å²) in [5, 5.41) is 0. The summed E-state index contributed by atoms with van der Waals surface area (Å²) in [6, 6.07) is 19.3. The lowest BCUT2D eigenvalue weighted by Gasteiger charge is -2.23. The molecule has 0 spiro atoms. The minimum atomic E-state index is -0.611. The third kappa shape index (κ3) is 6.99. The highest BCUT2D eigenvalue weighted by Gasteiger charge is 2.28. The Labute approximate surface area is 174 Å². The summed E-state index contributed by atoms with van der Waals surface area (Å²) >= 11 is 0. The van der Waals surface area contributed by atoms with E-state index in [2.05, 4.69) is 6.58 Å². The van der Waals surface area contributed by atoms with E-state index < -0.39 is 6.04 Å². The van der Waals surface area contributed by atoms with Gasteiger partial charge in [-0.1, -0.05) is 73.7 Å². The molecule has 0 fully saturated rings. The maximum absolute atomic E-state index is 12.8. The second-order valence-electron chi connectivity index (χ2n) is 7.05. The van der Waals surface area contributed by atoms with Crippen LogP contribution in [0.2, 0.25) is 0 Å². The summed E-state index contributed by atoms with van der Waals surface area (Å²) in [5.41, 5.74) is 2.73. The first-order chi connectivity index (χ1) is 14.1. The van der Waals surface area contributed by atoms with Gasteiger partial charge in [-0.3, -0.25) is 4.99 Å². The quantitative estimate of drug-likeness (QED) is 0.304. The predicted octanol–water partition coefficient (Wildman–Crippen LogP) is 5.07. The Hall–Kier alpha value is -2.72. The molecule has 0 radical (unpaired) electrons. The standard InChI is InChI=1S/C25H31NO3/c1-5-17-29-20(4)18-19(3)23(25(27)28-6-2)26-24(21-13-9-7-10-14-21)22-15-11-8-12-16-22/h5,7-16,19-20,23H,1,6,17-18H2,2-4H3/t19-,20+,23?/m1/s1. The molecule has 0 saturated heterocycles. The van der Waals surface area contributed by atoms with E-state index in [0.29, 0.717) is 19.6 Å². The van der Waals surface area contributed by atoms with Gasteiger partial charge in [-0.05, 0) is 26.2 Å². The predicted molar refractivity (Wildman–Crippen MR) is 118 cm³/mol. The van der Waals surface area contributed by atoms with Crippen molar-refractivity contribution in [2.45, 2.75) is 39.3 Å². The van der Waals surface area contributed by atoms with E-state index in [4.69, 9.17) is 14.5 Å². The largest absolute Gasteiger partial charge is 0.464 e. The van der Waals surface area contributed by atoms with Crippen LogP contribution >= 0.6 is 0 Å². The van der Waals surface area contributed by atoms with Crippen molar-refractivity contribution < 1.29 is 14.3 Å². The van der Waals surface area contributed by atoms with Gasteiger partial charge in [-0.15, -0.1) is 6.58 Å². The lowest BCUT2D eigenvalue weighted by molar-refractivity contribution is -0.146. The molecule has 0 aliphatic heterocycles. The van der Waals surface area contributed by atoms with E-state index in [-0.39, 0.29) is 18.0 Å². The van der Waals surface area contributed by atoms with Crippen LogP contribution in [0.5, 0.6) is 0 Å². The molecule has 2 aromatic carbocycles. The summed E-state index contributed by atoms with van der Waals surface area (Å²) in [6.45, 7) is 10.3. The molecule has 0 heterocycles. The van der Waals surface area contributed by atoms with Crippen molar-refractivity contribution in [3.8, 4) is 0 Å². The van der Waals surface area contributed by atoms with Crippen LogP contribution in [0.4, 0.5) is 0 Å². The maximum Gasteiger partial charge on any atom is 0.331 e. The van der Waals surface area contributed by atoms with Gasteiger partial charge in [-0.25, -0.2) is 4.79 Å². The van der Waals surface area contributed by atoms with Crippen molar-refractivity contribution >= 4 is 11.7 Å². The first-order valence-corrected chi connectivity index (χ1v) is 10.1. The Balaban J connectivity index is 2.41. The summed E-state index contributed by atoms with van der Waals surface area (Å²) in [6.07, 6.45) is 2.41. The Kier molecular flexibility index (Phi) is 9.32. The zero-order valence-corrected chi connectivity index (χ0v) is 17.6. The van der Waals surface area contributed by atoms with Gasteiger partial charge in [0.05, 0.1) is 25.0 Å². The average molecular weight is 394 g/mol. The SMILES string of the molecule is C=CCO[C@@H](C)C[C@@H](C)C(N=C(c1ccccc1)c1ccccc1)C(=O)OCC. The maximum atomic E-state index is 12.8. The second-order valence-corrected chi connectivity index (χ2v) is 7.05. The molecule has 0 bridgehead atoms. The Morgan fingerprint density at radius 2 is 1.59 bits per heavy atom. The van der Waals surface area contributed by atoms with E-state index in [0.717, 1.165) is 16.8 Å². The van der Waals surface area contributed by atoms with Gasteiger partial charge in [-0.2, -0.15) is 0 Å².